The summed E-state index contributed by atoms with van der Waals surface area (Å²) in [5, 5.41) is 8.80. The molecule has 0 fully saturated rings. The number of hydrogen-bond acceptors (Lipinski definition) is 4. The van der Waals surface area contributed by atoms with E-state index in [-0.39, 0.29) is 0 Å². The van der Waals surface area contributed by atoms with E-state index in [1.54, 1.807) is 11.3 Å². The fourth-order valence-electron chi connectivity index (χ4n) is 2.22. The minimum absolute atomic E-state index is 0.443. The highest BCUT2D eigenvalue weighted by Gasteiger charge is 2.20. The molecule has 4 nitrogen and oxygen atoms in total. The predicted molar refractivity (Wildman–Crippen MR) is 84.0 cm³/mol. The highest BCUT2D eigenvalue weighted by molar-refractivity contribution is 7.15. The molecule has 0 saturated heterocycles. The summed E-state index contributed by atoms with van der Waals surface area (Å²) >= 11 is 7.90. The average Bonchev–Trinajstić information content (AvgIpc) is 2.93. The number of aromatic amines is 1. The number of nitrogen functional groups attached to an aromatic ring is 1. The van der Waals surface area contributed by atoms with Crippen LogP contribution in [0, 0.1) is 13.8 Å². The van der Waals surface area contributed by atoms with Crippen LogP contribution in [-0.2, 0) is 0 Å². The summed E-state index contributed by atoms with van der Waals surface area (Å²) in [6.07, 6.45) is 0. The number of thiazole rings is 1. The van der Waals surface area contributed by atoms with Gasteiger partial charge in [0.25, 0.3) is 0 Å². The van der Waals surface area contributed by atoms with Crippen molar-refractivity contribution in [3.63, 3.8) is 0 Å². The first-order chi connectivity index (χ1) is 9.58. The van der Waals surface area contributed by atoms with Crippen LogP contribution in [0.1, 0.15) is 10.7 Å². The molecule has 0 unspecified atom stereocenters. The molecule has 0 aliphatic heterocycles. The number of rotatable bonds is 2. The van der Waals surface area contributed by atoms with Crippen LogP contribution in [0.25, 0.3) is 21.7 Å². The zero-order chi connectivity index (χ0) is 14.3. The Morgan fingerprint density at radius 2 is 2.00 bits per heavy atom. The maximum absolute atomic E-state index is 6.28. The standard InChI is InChI=1S/C14H13ClN4S/c1-7-13(20-8(2)17-7)12-11(14(16)19-18-12)9-5-3-4-6-10(9)15/h3-6H,1-2H3,(H3,16,18,19). The molecular weight excluding hydrogens is 292 g/mol. The van der Waals surface area contributed by atoms with E-state index < -0.39 is 0 Å². The number of anilines is 1. The molecule has 3 rings (SSSR count). The van der Waals surface area contributed by atoms with Gasteiger partial charge in [-0.3, -0.25) is 5.10 Å². The molecule has 0 aliphatic carbocycles. The molecule has 0 bridgehead atoms. The van der Waals surface area contributed by atoms with Gasteiger partial charge in [0.05, 0.1) is 26.8 Å². The maximum atomic E-state index is 6.28. The first-order valence-electron chi connectivity index (χ1n) is 6.11. The van der Waals surface area contributed by atoms with Gasteiger partial charge in [-0.2, -0.15) is 5.10 Å². The summed E-state index contributed by atoms with van der Waals surface area (Å²) in [5.74, 6) is 0.443. The minimum atomic E-state index is 0.443. The van der Waals surface area contributed by atoms with E-state index in [4.69, 9.17) is 17.3 Å². The summed E-state index contributed by atoms with van der Waals surface area (Å²) in [6, 6.07) is 7.61. The Bertz CT molecular complexity index is 775. The zero-order valence-electron chi connectivity index (χ0n) is 11.1. The smallest absolute Gasteiger partial charge is 0.153 e. The van der Waals surface area contributed by atoms with Crippen molar-refractivity contribution in [1.82, 2.24) is 15.2 Å². The van der Waals surface area contributed by atoms with Crippen LogP contribution in [0.3, 0.4) is 0 Å². The Labute approximate surface area is 125 Å². The fraction of sp³-hybridized carbons (Fsp3) is 0.143. The number of nitrogens with two attached hydrogens (primary N) is 1. The third kappa shape index (κ3) is 2.09. The van der Waals surface area contributed by atoms with Gasteiger partial charge in [0.1, 0.15) is 0 Å². The lowest BCUT2D eigenvalue weighted by molar-refractivity contribution is 1.10. The first-order valence-corrected chi connectivity index (χ1v) is 7.30. The van der Waals surface area contributed by atoms with Crippen molar-refractivity contribution >= 4 is 28.8 Å². The van der Waals surface area contributed by atoms with Gasteiger partial charge in [0, 0.05) is 10.6 Å². The Morgan fingerprint density at radius 1 is 1.25 bits per heavy atom. The van der Waals surface area contributed by atoms with Gasteiger partial charge in [-0.1, -0.05) is 29.8 Å². The summed E-state index contributed by atoms with van der Waals surface area (Å²) in [5.41, 5.74) is 9.57. The number of nitrogens with zero attached hydrogens (tertiary/aromatic N) is 2. The van der Waals surface area contributed by atoms with Crippen molar-refractivity contribution in [2.45, 2.75) is 13.8 Å². The van der Waals surface area contributed by atoms with Crippen molar-refractivity contribution < 1.29 is 0 Å². The lowest BCUT2D eigenvalue weighted by Gasteiger charge is -2.05. The van der Waals surface area contributed by atoms with Crippen molar-refractivity contribution in [2.24, 2.45) is 0 Å². The predicted octanol–water partition coefficient (Wildman–Crippen LogP) is 4.05. The largest absolute Gasteiger partial charge is 0.382 e. The molecule has 2 heterocycles. The lowest BCUT2D eigenvalue weighted by atomic mass is 10.0. The number of hydrogen-bond donors (Lipinski definition) is 2. The molecule has 6 heteroatoms. The van der Waals surface area contributed by atoms with Crippen LogP contribution in [0.5, 0.6) is 0 Å². The molecule has 0 saturated carbocycles. The second-order valence-corrected chi connectivity index (χ2v) is 6.10. The van der Waals surface area contributed by atoms with E-state index in [9.17, 15) is 0 Å². The molecule has 0 spiro atoms. The number of H-pyrrole nitrogens is 1. The molecule has 0 atom stereocenters. The average molecular weight is 305 g/mol. The molecule has 0 radical (unpaired) electrons. The number of benzene rings is 1. The van der Waals surface area contributed by atoms with Crippen LogP contribution >= 0.6 is 22.9 Å². The summed E-state index contributed by atoms with van der Waals surface area (Å²) in [6.45, 7) is 3.96. The number of halogens is 1. The normalized spacial score (nSPS) is 10.9. The Kier molecular flexibility index (Phi) is 3.23. The molecule has 0 amide bonds. The number of aromatic nitrogens is 3. The van der Waals surface area contributed by atoms with Gasteiger partial charge >= 0.3 is 0 Å². The molecule has 102 valence electrons. The topological polar surface area (TPSA) is 67.6 Å². The highest BCUT2D eigenvalue weighted by Crippen LogP contribution is 2.41. The molecule has 0 aliphatic rings. The first kappa shape index (κ1) is 13.1. The highest BCUT2D eigenvalue weighted by atomic mass is 35.5. The second kappa shape index (κ2) is 4.92. The van der Waals surface area contributed by atoms with Crippen LogP contribution in [0.4, 0.5) is 5.82 Å². The van der Waals surface area contributed by atoms with Crippen molar-refractivity contribution in [3.05, 3.63) is 40.0 Å². The van der Waals surface area contributed by atoms with Crippen LogP contribution < -0.4 is 5.73 Å². The van der Waals surface area contributed by atoms with Gasteiger partial charge in [-0.15, -0.1) is 11.3 Å². The SMILES string of the molecule is Cc1nc(C)c(-c2[nH]nc(N)c2-c2ccccc2Cl)s1. The summed E-state index contributed by atoms with van der Waals surface area (Å²) < 4.78 is 0. The van der Waals surface area contributed by atoms with Crippen LogP contribution in [0.2, 0.25) is 5.02 Å². The van der Waals surface area contributed by atoms with E-state index in [1.165, 1.54) is 0 Å². The third-order valence-corrected chi connectivity index (χ3v) is 4.49. The van der Waals surface area contributed by atoms with E-state index in [1.807, 2.05) is 38.1 Å². The molecule has 3 aromatic rings. The van der Waals surface area contributed by atoms with E-state index >= 15 is 0 Å². The molecule has 20 heavy (non-hydrogen) atoms. The van der Waals surface area contributed by atoms with Crippen molar-refractivity contribution in [3.8, 4) is 21.7 Å². The van der Waals surface area contributed by atoms with Crippen molar-refractivity contribution in [2.75, 3.05) is 5.73 Å². The molecule has 1 aromatic carbocycles. The van der Waals surface area contributed by atoms with Gasteiger partial charge in [-0.25, -0.2) is 4.98 Å². The number of nitrogens with one attached hydrogen (secondary N) is 1. The van der Waals surface area contributed by atoms with E-state index in [2.05, 4.69) is 15.2 Å². The minimum Gasteiger partial charge on any atom is -0.382 e. The molecule has 3 N–H and O–H groups in total. The Balaban J connectivity index is 2.26. The van der Waals surface area contributed by atoms with Crippen LogP contribution in [-0.4, -0.2) is 15.2 Å². The summed E-state index contributed by atoms with van der Waals surface area (Å²) in [7, 11) is 0. The van der Waals surface area contributed by atoms with Gasteiger partial charge in [0.2, 0.25) is 0 Å². The van der Waals surface area contributed by atoms with Crippen molar-refractivity contribution in [1.29, 1.82) is 0 Å². The van der Waals surface area contributed by atoms with Gasteiger partial charge < -0.3 is 5.73 Å². The maximum Gasteiger partial charge on any atom is 0.153 e. The van der Waals surface area contributed by atoms with Gasteiger partial charge in [-0.05, 0) is 19.9 Å². The van der Waals surface area contributed by atoms with Crippen LogP contribution in [0.15, 0.2) is 24.3 Å². The quantitative estimate of drug-likeness (QED) is 0.750. The van der Waals surface area contributed by atoms with Gasteiger partial charge in [0.15, 0.2) is 5.82 Å². The second-order valence-electron chi connectivity index (χ2n) is 4.49. The lowest BCUT2D eigenvalue weighted by Crippen LogP contribution is -1.89. The summed E-state index contributed by atoms with van der Waals surface area (Å²) in [4.78, 5) is 5.49. The van der Waals surface area contributed by atoms with E-state index in [0.29, 0.717) is 10.8 Å². The third-order valence-electron chi connectivity index (χ3n) is 3.07. The monoisotopic (exact) mass is 304 g/mol. The fourth-order valence-corrected chi connectivity index (χ4v) is 3.37. The Hall–Kier alpha value is -1.85. The number of aryl methyl sites for hydroxylation is 2. The Morgan fingerprint density at radius 3 is 2.65 bits per heavy atom. The van der Waals surface area contributed by atoms with E-state index in [0.717, 1.165) is 32.4 Å². The zero-order valence-corrected chi connectivity index (χ0v) is 12.6. The molecule has 2 aromatic heterocycles. The molecular formula is C14H13ClN4S.